The van der Waals surface area contributed by atoms with E-state index in [0.29, 0.717) is 6.54 Å². The summed E-state index contributed by atoms with van der Waals surface area (Å²) in [4.78, 5) is 12.1. The number of halogens is 1. The van der Waals surface area contributed by atoms with Crippen molar-refractivity contribution >= 4 is 41.8 Å². The molecule has 1 amide bonds. The van der Waals surface area contributed by atoms with Crippen LogP contribution in [0.5, 0.6) is 0 Å². The van der Waals surface area contributed by atoms with Crippen molar-refractivity contribution in [1.82, 2.24) is 5.32 Å². The van der Waals surface area contributed by atoms with Gasteiger partial charge in [0.2, 0.25) is 5.91 Å². The molecule has 1 rings (SSSR count). The Kier molecular flexibility index (Phi) is 8.72. The summed E-state index contributed by atoms with van der Waals surface area (Å²) in [6.45, 7) is 4.69. The third kappa shape index (κ3) is 4.89. The Bertz CT molecular complexity index is 223. The normalized spacial score (nSPS) is 20.5. The number of carbonyl (C=O) groups is 1. The van der Waals surface area contributed by atoms with Crippen molar-refractivity contribution in [2.45, 2.75) is 37.5 Å². The van der Waals surface area contributed by atoms with E-state index in [1.807, 2.05) is 11.8 Å². The lowest BCUT2D eigenvalue weighted by atomic mass is 9.93. The van der Waals surface area contributed by atoms with E-state index in [1.165, 1.54) is 0 Å². The highest BCUT2D eigenvalue weighted by atomic mass is 35.5. The number of nitrogens with one attached hydrogen (secondary N) is 1. The molecule has 0 radical (unpaired) electrons. The molecule has 1 aliphatic heterocycles. The molecule has 17 heavy (non-hydrogen) atoms. The minimum atomic E-state index is -0.195. The van der Waals surface area contributed by atoms with Crippen LogP contribution in [0.15, 0.2) is 0 Å². The molecule has 0 aromatic heterocycles. The fraction of sp³-hybridized carbons (Fsp3) is 0.909. The minimum Gasteiger partial charge on any atom is -0.348 e. The number of thioether (sulfide) groups is 2. The summed E-state index contributed by atoms with van der Waals surface area (Å²) in [6.07, 6.45) is 1.80. The van der Waals surface area contributed by atoms with E-state index in [-0.39, 0.29) is 29.1 Å². The summed E-state index contributed by atoms with van der Waals surface area (Å²) in [6, 6.07) is 0. The van der Waals surface area contributed by atoms with Crippen molar-refractivity contribution in [2.24, 2.45) is 5.73 Å². The Hall–Kier alpha value is 0.420. The molecular weight excluding hydrogens is 276 g/mol. The Labute approximate surface area is 119 Å². The van der Waals surface area contributed by atoms with Crippen LogP contribution in [-0.4, -0.2) is 40.5 Å². The first kappa shape index (κ1) is 17.4. The highest BCUT2D eigenvalue weighted by Crippen LogP contribution is 2.25. The number of hydrogen-bond acceptors (Lipinski definition) is 4. The molecule has 6 heteroatoms. The monoisotopic (exact) mass is 298 g/mol. The molecule has 3 N–H and O–H groups in total. The van der Waals surface area contributed by atoms with Crippen LogP contribution in [0.25, 0.3) is 0 Å². The molecule has 1 unspecified atom stereocenters. The van der Waals surface area contributed by atoms with Gasteiger partial charge in [-0.3, -0.25) is 4.79 Å². The molecule has 0 bridgehead atoms. The van der Waals surface area contributed by atoms with E-state index in [4.69, 9.17) is 5.73 Å². The maximum absolute atomic E-state index is 12.1. The number of hydrogen-bond donors (Lipinski definition) is 2. The zero-order valence-electron chi connectivity index (χ0n) is 10.5. The maximum atomic E-state index is 12.1. The van der Waals surface area contributed by atoms with E-state index in [2.05, 4.69) is 19.2 Å². The van der Waals surface area contributed by atoms with Crippen LogP contribution >= 0.6 is 35.9 Å². The summed E-state index contributed by atoms with van der Waals surface area (Å²) in [5.41, 5.74) is 5.59. The predicted molar refractivity (Wildman–Crippen MR) is 81.3 cm³/mol. The van der Waals surface area contributed by atoms with Gasteiger partial charge in [0.25, 0.3) is 0 Å². The van der Waals surface area contributed by atoms with Crippen molar-refractivity contribution in [2.75, 3.05) is 23.8 Å². The molecule has 0 saturated carbocycles. The van der Waals surface area contributed by atoms with Crippen LogP contribution in [0.2, 0.25) is 0 Å². The van der Waals surface area contributed by atoms with E-state index < -0.39 is 0 Å². The second-order valence-corrected chi connectivity index (χ2v) is 6.58. The van der Waals surface area contributed by atoms with Crippen LogP contribution in [0.1, 0.15) is 26.7 Å². The standard InChI is InChI=1S/C11H22N2OS2.ClH/c1-3-11(4-2,8-12)13-10(14)9-7-15-5-6-16-9;/h9H,3-8,12H2,1-2H3,(H,13,14);1H. The van der Waals surface area contributed by atoms with Gasteiger partial charge in [-0.25, -0.2) is 0 Å². The molecule has 3 nitrogen and oxygen atoms in total. The van der Waals surface area contributed by atoms with Crippen molar-refractivity contribution in [3.8, 4) is 0 Å². The zero-order chi connectivity index (χ0) is 12.0. The van der Waals surface area contributed by atoms with Gasteiger partial charge in [-0.05, 0) is 12.8 Å². The van der Waals surface area contributed by atoms with Gasteiger partial charge < -0.3 is 11.1 Å². The second-order valence-electron chi connectivity index (χ2n) is 4.12. The minimum absolute atomic E-state index is 0. The lowest BCUT2D eigenvalue weighted by Gasteiger charge is -2.33. The van der Waals surface area contributed by atoms with Gasteiger partial charge in [-0.1, -0.05) is 13.8 Å². The number of rotatable bonds is 5. The van der Waals surface area contributed by atoms with Crippen molar-refractivity contribution in [3.63, 3.8) is 0 Å². The topological polar surface area (TPSA) is 55.1 Å². The van der Waals surface area contributed by atoms with Gasteiger partial charge in [-0.2, -0.15) is 11.8 Å². The lowest BCUT2D eigenvalue weighted by molar-refractivity contribution is -0.122. The Balaban J connectivity index is 0.00000256. The zero-order valence-corrected chi connectivity index (χ0v) is 13.0. The fourth-order valence-corrected chi connectivity index (χ4v) is 4.30. The van der Waals surface area contributed by atoms with Gasteiger partial charge in [0.05, 0.1) is 10.8 Å². The van der Waals surface area contributed by atoms with Crippen LogP contribution in [0.4, 0.5) is 0 Å². The van der Waals surface area contributed by atoms with Gasteiger partial charge in [0.1, 0.15) is 0 Å². The molecule has 1 aliphatic rings. The smallest absolute Gasteiger partial charge is 0.234 e. The molecule has 0 aromatic rings. The first-order valence-electron chi connectivity index (χ1n) is 5.89. The summed E-state index contributed by atoms with van der Waals surface area (Å²) >= 11 is 3.64. The van der Waals surface area contributed by atoms with Crippen molar-refractivity contribution in [1.29, 1.82) is 0 Å². The summed E-state index contributed by atoms with van der Waals surface area (Å²) in [5, 5.41) is 3.26. The number of carbonyl (C=O) groups excluding carboxylic acids is 1. The van der Waals surface area contributed by atoms with Gasteiger partial charge >= 0.3 is 0 Å². The van der Waals surface area contributed by atoms with Crippen molar-refractivity contribution < 1.29 is 4.79 Å². The van der Waals surface area contributed by atoms with Crippen molar-refractivity contribution in [3.05, 3.63) is 0 Å². The first-order chi connectivity index (χ1) is 7.67. The van der Waals surface area contributed by atoms with Crippen LogP contribution in [0.3, 0.4) is 0 Å². The second kappa shape index (κ2) is 8.51. The molecule has 1 saturated heterocycles. The van der Waals surface area contributed by atoms with E-state index in [9.17, 15) is 4.79 Å². The van der Waals surface area contributed by atoms with Gasteiger partial charge in [0.15, 0.2) is 0 Å². The molecule has 1 fully saturated rings. The van der Waals surface area contributed by atoms with E-state index in [1.54, 1.807) is 11.8 Å². The average molecular weight is 299 g/mol. The summed E-state index contributed by atoms with van der Waals surface area (Å²) in [5.74, 6) is 3.35. The van der Waals surface area contributed by atoms with Crippen LogP contribution in [0, 0.1) is 0 Å². The Morgan fingerprint density at radius 1 is 1.41 bits per heavy atom. The van der Waals surface area contributed by atoms with Gasteiger partial charge in [0, 0.05) is 23.8 Å². The third-order valence-electron chi connectivity index (χ3n) is 3.24. The van der Waals surface area contributed by atoms with Crippen LogP contribution in [-0.2, 0) is 4.79 Å². The quantitative estimate of drug-likeness (QED) is 0.814. The number of amides is 1. The lowest BCUT2D eigenvalue weighted by Crippen LogP contribution is -2.55. The molecule has 0 aliphatic carbocycles. The molecular formula is C11H23ClN2OS2. The van der Waals surface area contributed by atoms with Crippen LogP contribution < -0.4 is 11.1 Å². The number of nitrogens with two attached hydrogens (primary N) is 1. The molecule has 0 aromatic carbocycles. The van der Waals surface area contributed by atoms with E-state index in [0.717, 1.165) is 30.1 Å². The van der Waals surface area contributed by atoms with Gasteiger partial charge in [-0.15, -0.1) is 24.2 Å². The molecule has 1 atom stereocenters. The summed E-state index contributed by atoms with van der Waals surface area (Å²) < 4.78 is 0. The molecule has 1 heterocycles. The predicted octanol–water partition coefficient (Wildman–Crippen LogP) is 1.89. The average Bonchev–Trinajstić information content (AvgIpc) is 2.37. The SMILES string of the molecule is CCC(CC)(CN)NC(=O)C1CSCCS1.Cl. The molecule has 102 valence electrons. The Morgan fingerprint density at radius 2 is 2.06 bits per heavy atom. The molecule has 0 spiro atoms. The van der Waals surface area contributed by atoms with E-state index >= 15 is 0 Å². The first-order valence-corrected chi connectivity index (χ1v) is 8.09. The fourth-order valence-electron chi connectivity index (χ4n) is 1.75. The largest absolute Gasteiger partial charge is 0.348 e. The highest BCUT2D eigenvalue weighted by Gasteiger charge is 2.30. The maximum Gasteiger partial charge on any atom is 0.234 e. The Morgan fingerprint density at radius 3 is 2.47 bits per heavy atom. The highest BCUT2D eigenvalue weighted by molar-refractivity contribution is 8.07. The third-order valence-corrected chi connectivity index (χ3v) is 6.00. The summed E-state index contributed by atoms with van der Waals surface area (Å²) in [7, 11) is 0.